The predicted octanol–water partition coefficient (Wildman–Crippen LogP) is 6.36. The maximum atomic E-state index is 13.4. The number of benzene rings is 2. The molecule has 4 aromatic rings. The van der Waals surface area contributed by atoms with Crippen LogP contribution in [0.25, 0.3) is 10.9 Å². The topological polar surface area (TPSA) is 102 Å². The van der Waals surface area contributed by atoms with Gasteiger partial charge in [0.25, 0.3) is 0 Å². The predicted molar refractivity (Wildman–Crippen MR) is 171 cm³/mol. The molecular formula is C33H41N5O3S. The Morgan fingerprint density at radius 3 is 2.64 bits per heavy atom. The maximum Gasteiger partial charge on any atom is 0.323 e. The van der Waals surface area contributed by atoms with Crippen LogP contribution in [0.1, 0.15) is 48.4 Å². The van der Waals surface area contributed by atoms with Crippen LogP contribution in [0.2, 0.25) is 0 Å². The minimum Gasteiger partial charge on any atom is -0.385 e. The molecule has 1 saturated heterocycles. The van der Waals surface area contributed by atoms with Gasteiger partial charge in [0.1, 0.15) is 0 Å². The SMILES string of the molecule is COCCCn1c(C2CCCN(C(=O)C[C@H](N)Cc3ccc(NC(=O)Nc4ccsc4)cc3)C2)c(C)c2ccccc21. The molecular weight excluding hydrogens is 546 g/mol. The number of nitrogens with one attached hydrogen (secondary N) is 2. The number of aromatic nitrogens is 1. The summed E-state index contributed by atoms with van der Waals surface area (Å²) >= 11 is 1.53. The fraction of sp³-hybridized carbons (Fsp3) is 0.394. The number of carbonyl (C=O) groups excluding carboxylic acids is 2. The summed E-state index contributed by atoms with van der Waals surface area (Å²) in [5, 5.41) is 10.7. The first kappa shape index (κ1) is 29.8. The lowest BCUT2D eigenvalue weighted by molar-refractivity contribution is -0.132. The molecule has 3 heterocycles. The van der Waals surface area contributed by atoms with E-state index in [1.54, 1.807) is 7.11 Å². The highest BCUT2D eigenvalue weighted by molar-refractivity contribution is 7.08. The number of hydrogen-bond acceptors (Lipinski definition) is 5. The number of rotatable bonds is 11. The Hall–Kier alpha value is -3.66. The van der Waals surface area contributed by atoms with E-state index in [1.165, 1.54) is 33.5 Å². The van der Waals surface area contributed by atoms with Crippen molar-refractivity contribution in [1.29, 1.82) is 0 Å². The van der Waals surface area contributed by atoms with Gasteiger partial charge in [0.2, 0.25) is 5.91 Å². The maximum absolute atomic E-state index is 13.4. The third-order valence-electron chi connectivity index (χ3n) is 8.09. The van der Waals surface area contributed by atoms with E-state index in [1.807, 2.05) is 46.0 Å². The Bertz CT molecular complexity index is 1480. The molecule has 0 bridgehead atoms. The summed E-state index contributed by atoms with van der Waals surface area (Å²) in [6.45, 7) is 5.35. The number of fused-ring (bicyclic) bond motifs is 1. The molecule has 2 atom stereocenters. The number of amides is 3. The van der Waals surface area contributed by atoms with E-state index in [9.17, 15) is 9.59 Å². The van der Waals surface area contributed by atoms with E-state index in [0.29, 0.717) is 24.4 Å². The molecule has 5 rings (SSSR count). The minimum atomic E-state index is -0.283. The number of aryl methyl sites for hydroxylation is 2. The van der Waals surface area contributed by atoms with Crippen LogP contribution < -0.4 is 16.4 Å². The summed E-state index contributed by atoms with van der Waals surface area (Å²) in [4.78, 5) is 27.6. The third kappa shape index (κ3) is 7.21. The first-order chi connectivity index (χ1) is 20.4. The second-order valence-corrected chi connectivity index (χ2v) is 11.9. The number of ether oxygens (including phenoxy) is 1. The summed E-state index contributed by atoms with van der Waals surface area (Å²) in [6.07, 6.45) is 3.91. The fourth-order valence-electron chi connectivity index (χ4n) is 6.14. The van der Waals surface area contributed by atoms with Crippen molar-refractivity contribution >= 4 is 45.6 Å². The number of methoxy groups -OCH3 is 1. The van der Waals surface area contributed by atoms with Crippen molar-refractivity contribution < 1.29 is 14.3 Å². The lowest BCUT2D eigenvalue weighted by Gasteiger charge is -2.34. The summed E-state index contributed by atoms with van der Waals surface area (Å²) in [7, 11) is 1.75. The van der Waals surface area contributed by atoms with Gasteiger partial charge >= 0.3 is 6.03 Å². The lowest BCUT2D eigenvalue weighted by Crippen LogP contribution is -2.42. The van der Waals surface area contributed by atoms with Crippen LogP contribution in [-0.4, -0.2) is 54.3 Å². The smallest absolute Gasteiger partial charge is 0.323 e. The molecule has 0 aliphatic carbocycles. The number of para-hydroxylation sites is 1. The number of hydrogen-bond donors (Lipinski definition) is 3. The normalized spacial score (nSPS) is 16.0. The minimum absolute atomic E-state index is 0.121. The highest BCUT2D eigenvalue weighted by Crippen LogP contribution is 2.36. The van der Waals surface area contributed by atoms with Gasteiger partial charge in [0.05, 0.1) is 5.69 Å². The Kier molecular flexibility index (Phi) is 9.94. The van der Waals surface area contributed by atoms with Crippen LogP contribution in [-0.2, 0) is 22.5 Å². The molecule has 42 heavy (non-hydrogen) atoms. The Morgan fingerprint density at radius 1 is 1.10 bits per heavy atom. The number of urea groups is 1. The molecule has 0 radical (unpaired) electrons. The van der Waals surface area contributed by atoms with Gasteiger partial charge < -0.3 is 30.6 Å². The molecule has 2 aromatic carbocycles. The molecule has 2 aromatic heterocycles. The van der Waals surface area contributed by atoms with Gasteiger partial charge in [-0.05, 0) is 73.4 Å². The largest absolute Gasteiger partial charge is 0.385 e. The van der Waals surface area contributed by atoms with E-state index in [2.05, 4.69) is 46.4 Å². The van der Waals surface area contributed by atoms with E-state index in [0.717, 1.165) is 56.8 Å². The molecule has 8 nitrogen and oxygen atoms in total. The van der Waals surface area contributed by atoms with Crippen molar-refractivity contribution in [2.24, 2.45) is 5.73 Å². The molecule has 3 amide bonds. The van der Waals surface area contributed by atoms with Crippen LogP contribution >= 0.6 is 11.3 Å². The van der Waals surface area contributed by atoms with Crippen LogP contribution in [0.3, 0.4) is 0 Å². The zero-order valence-corrected chi connectivity index (χ0v) is 25.3. The van der Waals surface area contributed by atoms with Gasteiger partial charge in [0.15, 0.2) is 0 Å². The van der Waals surface area contributed by atoms with E-state index in [-0.39, 0.29) is 18.0 Å². The molecule has 0 spiro atoms. The van der Waals surface area contributed by atoms with Crippen molar-refractivity contribution in [3.8, 4) is 0 Å². The van der Waals surface area contributed by atoms with Gasteiger partial charge in [-0.25, -0.2) is 4.79 Å². The van der Waals surface area contributed by atoms with Crippen molar-refractivity contribution in [3.05, 3.63) is 82.2 Å². The van der Waals surface area contributed by atoms with Gasteiger partial charge in [-0.1, -0.05) is 30.3 Å². The van der Waals surface area contributed by atoms with Crippen molar-refractivity contribution in [2.45, 2.75) is 57.5 Å². The molecule has 1 aliphatic rings. The van der Waals surface area contributed by atoms with Crippen molar-refractivity contribution in [3.63, 3.8) is 0 Å². The van der Waals surface area contributed by atoms with Crippen LogP contribution in [0.15, 0.2) is 65.4 Å². The Labute approximate surface area is 251 Å². The molecule has 9 heteroatoms. The Morgan fingerprint density at radius 2 is 1.88 bits per heavy atom. The zero-order valence-electron chi connectivity index (χ0n) is 24.5. The molecule has 1 unspecified atom stereocenters. The van der Waals surface area contributed by atoms with Crippen LogP contribution in [0.4, 0.5) is 16.2 Å². The van der Waals surface area contributed by atoms with E-state index < -0.39 is 0 Å². The molecule has 4 N–H and O–H groups in total. The number of likely N-dealkylation sites (tertiary alicyclic amines) is 1. The van der Waals surface area contributed by atoms with Gasteiger partial charge in [-0.2, -0.15) is 11.3 Å². The van der Waals surface area contributed by atoms with Crippen LogP contribution in [0.5, 0.6) is 0 Å². The molecule has 1 aliphatic heterocycles. The van der Waals surface area contributed by atoms with Crippen molar-refractivity contribution in [1.82, 2.24) is 9.47 Å². The van der Waals surface area contributed by atoms with Gasteiger partial charge in [-0.15, -0.1) is 0 Å². The van der Waals surface area contributed by atoms with E-state index >= 15 is 0 Å². The number of nitrogens with zero attached hydrogens (tertiary/aromatic N) is 2. The summed E-state index contributed by atoms with van der Waals surface area (Å²) in [5.41, 5.74) is 12.9. The first-order valence-corrected chi connectivity index (χ1v) is 15.7. The standard InChI is InChI=1S/C33H41N5O3S/c1-23-29-8-3-4-9-30(29)38(16-6-17-41-2)32(23)25-7-5-15-37(21-25)31(39)20-26(34)19-24-10-12-27(13-11-24)35-33(40)36-28-14-18-42-22-28/h3-4,8-14,18,22,25-26H,5-7,15-17,19-21,34H2,1-2H3,(H2,35,36,40)/t25?,26-/m1/s1. The Balaban J connectivity index is 1.18. The molecule has 0 saturated carbocycles. The lowest BCUT2D eigenvalue weighted by atomic mass is 9.91. The quantitative estimate of drug-likeness (QED) is 0.178. The average Bonchev–Trinajstić information content (AvgIpc) is 3.60. The monoisotopic (exact) mass is 587 g/mol. The number of nitrogens with two attached hydrogens (primary N) is 1. The number of carbonyl (C=O) groups is 2. The molecule has 1 fully saturated rings. The second kappa shape index (κ2) is 14.0. The van der Waals surface area contributed by atoms with Gasteiger partial charge in [0, 0.05) is 79.4 Å². The summed E-state index contributed by atoms with van der Waals surface area (Å²) < 4.78 is 7.79. The number of anilines is 2. The molecule has 222 valence electrons. The highest BCUT2D eigenvalue weighted by atomic mass is 32.1. The summed E-state index contributed by atoms with van der Waals surface area (Å²) in [6, 6.07) is 17.5. The van der Waals surface area contributed by atoms with Gasteiger partial charge in [-0.3, -0.25) is 4.79 Å². The number of thiophene rings is 1. The van der Waals surface area contributed by atoms with Crippen LogP contribution in [0, 0.1) is 6.92 Å². The summed E-state index contributed by atoms with van der Waals surface area (Å²) in [5.74, 6) is 0.418. The second-order valence-electron chi connectivity index (χ2n) is 11.2. The number of piperidine rings is 1. The fourth-order valence-corrected chi connectivity index (χ4v) is 6.73. The zero-order chi connectivity index (χ0) is 29.5. The highest BCUT2D eigenvalue weighted by Gasteiger charge is 2.29. The van der Waals surface area contributed by atoms with E-state index in [4.69, 9.17) is 10.5 Å². The average molecular weight is 588 g/mol. The first-order valence-electron chi connectivity index (χ1n) is 14.7. The van der Waals surface area contributed by atoms with Crippen molar-refractivity contribution in [2.75, 3.05) is 37.4 Å². The third-order valence-corrected chi connectivity index (χ3v) is 8.77.